The number of imidazole rings is 1. The van der Waals surface area contributed by atoms with Crippen molar-refractivity contribution in [1.29, 1.82) is 0 Å². The molecule has 1 amide bonds. The van der Waals surface area contributed by atoms with E-state index in [-0.39, 0.29) is 6.61 Å². The highest BCUT2D eigenvalue weighted by molar-refractivity contribution is 6.06. The molecule has 0 fully saturated rings. The van der Waals surface area contributed by atoms with Crippen molar-refractivity contribution in [3.8, 4) is 0 Å². The van der Waals surface area contributed by atoms with E-state index in [0.717, 1.165) is 17.3 Å². The van der Waals surface area contributed by atoms with Crippen molar-refractivity contribution in [3.05, 3.63) is 30.1 Å². The molecule has 0 saturated heterocycles. The molecule has 0 aliphatic rings. The van der Waals surface area contributed by atoms with Crippen LogP contribution in [0, 0.1) is 0 Å². The number of fused-ring (bicyclic) bond motifs is 3. The third kappa shape index (κ3) is 2.30. The van der Waals surface area contributed by atoms with Crippen molar-refractivity contribution in [2.24, 2.45) is 5.73 Å². The van der Waals surface area contributed by atoms with Gasteiger partial charge in [-0.25, -0.2) is 9.97 Å². The highest BCUT2D eigenvalue weighted by atomic mass is 16.7. The van der Waals surface area contributed by atoms with E-state index >= 15 is 0 Å². The van der Waals surface area contributed by atoms with Gasteiger partial charge in [-0.15, -0.1) is 0 Å². The van der Waals surface area contributed by atoms with Gasteiger partial charge in [0.05, 0.1) is 5.52 Å². The lowest BCUT2D eigenvalue weighted by atomic mass is 10.2. The Hall–Kier alpha value is -2.83. The number of anilines is 1. The maximum absolute atomic E-state index is 11.1. The lowest BCUT2D eigenvalue weighted by molar-refractivity contribution is -0.122. The topological polar surface area (TPSA) is 109 Å². The van der Waals surface area contributed by atoms with E-state index in [4.69, 9.17) is 16.3 Å². The number of benzene rings is 1. The van der Waals surface area contributed by atoms with E-state index in [9.17, 15) is 4.79 Å². The standard InChI is InChI=1S/C15H17N5O2/c1-2-5-12-19-13-14(20(12)22-8-11(16)21)9-6-3-4-7-10(9)18-15(13)17/h3-4,6-7H,2,5,8H2,1H3,(H2,16,21)(H2,17,18). The summed E-state index contributed by atoms with van der Waals surface area (Å²) in [6.45, 7) is 1.82. The molecule has 7 heteroatoms. The van der Waals surface area contributed by atoms with Crippen LogP contribution >= 0.6 is 0 Å². The molecule has 3 rings (SSSR count). The number of pyridine rings is 1. The Morgan fingerprint density at radius 2 is 2.09 bits per heavy atom. The molecule has 1 aromatic carbocycles. The summed E-state index contributed by atoms with van der Waals surface area (Å²) in [5, 5.41) is 0.867. The van der Waals surface area contributed by atoms with Gasteiger partial charge in [0.1, 0.15) is 16.9 Å². The monoisotopic (exact) mass is 299 g/mol. The first-order valence-electron chi connectivity index (χ1n) is 7.09. The van der Waals surface area contributed by atoms with Gasteiger partial charge < -0.3 is 16.3 Å². The summed E-state index contributed by atoms with van der Waals surface area (Å²) >= 11 is 0. The second-order valence-corrected chi connectivity index (χ2v) is 5.02. The van der Waals surface area contributed by atoms with Crippen LogP contribution in [0.3, 0.4) is 0 Å². The largest absolute Gasteiger partial charge is 0.402 e. The van der Waals surface area contributed by atoms with Gasteiger partial charge in [-0.3, -0.25) is 4.79 Å². The van der Waals surface area contributed by atoms with E-state index in [1.54, 1.807) is 4.73 Å². The van der Waals surface area contributed by atoms with E-state index in [0.29, 0.717) is 29.1 Å². The summed E-state index contributed by atoms with van der Waals surface area (Å²) in [6, 6.07) is 7.59. The molecule has 0 aliphatic heterocycles. The Bertz CT molecular complexity index is 856. The maximum atomic E-state index is 11.1. The second-order valence-electron chi connectivity index (χ2n) is 5.02. The summed E-state index contributed by atoms with van der Waals surface area (Å²) < 4.78 is 1.56. The van der Waals surface area contributed by atoms with Gasteiger partial charge in [-0.1, -0.05) is 25.1 Å². The number of hydrogen-bond donors (Lipinski definition) is 2. The minimum Gasteiger partial charge on any atom is -0.402 e. The summed E-state index contributed by atoms with van der Waals surface area (Å²) in [6.07, 6.45) is 1.58. The third-order valence-corrected chi connectivity index (χ3v) is 3.35. The summed E-state index contributed by atoms with van der Waals surface area (Å²) in [5.74, 6) is 0.492. The predicted octanol–water partition coefficient (Wildman–Crippen LogP) is 1.03. The van der Waals surface area contributed by atoms with Gasteiger partial charge in [0.15, 0.2) is 12.4 Å². The lowest BCUT2D eigenvalue weighted by Gasteiger charge is -2.10. The molecule has 114 valence electrons. The molecule has 0 aliphatic carbocycles. The second kappa shape index (κ2) is 5.51. The van der Waals surface area contributed by atoms with Crippen molar-refractivity contribution in [2.75, 3.05) is 12.3 Å². The quantitative estimate of drug-likeness (QED) is 0.731. The molecule has 4 N–H and O–H groups in total. The molecule has 0 atom stereocenters. The van der Waals surface area contributed by atoms with E-state index in [1.165, 1.54) is 0 Å². The normalized spacial score (nSPS) is 11.1. The number of hydrogen-bond acceptors (Lipinski definition) is 5. The number of nitrogen functional groups attached to an aromatic ring is 1. The SMILES string of the molecule is CCCc1nc2c(N)nc3ccccc3c2n1OCC(N)=O. The average molecular weight is 299 g/mol. The summed E-state index contributed by atoms with van der Waals surface area (Å²) in [4.78, 5) is 25.5. The van der Waals surface area contributed by atoms with Crippen molar-refractivity contribution < 1.29 is 9.63 Å². The van der Waals surface area contributed by atoms with Crippen LogP contribution < -0.4 is 16.3 Å². The van der Waals surface area contributed by atoms with Crippen LogP contribution in [-0.2, 0) is 11.2 Å². The molecular weight excluding hydrogens is 282 g/mol. The van der Waals surface area contributed by atoms with E-state index in [1.807, 2.05) is 31.2 Å². The first-order valence-corrected chi connectivity index (χ1v) is 7.09. The number of aryl methyl sites for hydroxylation is 1. The van der Waals surface area contributed by atoms with E-state index in [2.05, 4.69) is 9.97 Å². The molecule has 0 unspecified atom stereocenters. The fourth-order valence-corrected chi connectivity index (χ4v) is 2.47. The lowest BCUT2D eigenvalue weighted by Crippen LogP contribution is -2.26. The van der Waals surface area contributed by atoms with Crippen LogP contribution in [0.2, 0.25) is 0 Å². The molecule has 7 nitrogen and oxygen atoms in total. The number of carbonyl (C=O) groups excluding carboxylic acids is 1. The Morgan fingerprint density at radius 1 is 1.32 bits per heavy atom. The zero-order valence-electron chi connectivity index (χ0n) is 12.2. The number of nitrogens with two attached hydrogens (primary N) is 2. The Morgan fingerprint density at radius 3 is 2.82 bits per heavy atom. The van der Waals surface area contributed by atoms with Gasteiger partial charge in [0, 0.05) is 11.8 Å². The van der Waals surface area contributed by atoms with Gasteiger partial charge in [-0.05, 0) is 12.5 Å². The summed E-state index contributed by atoms with van der Waals surface area (Å²) in [7, 11) is 0. The highest BCUT2D eigenvalue weighted by Crippen LogP contribution is 2.28. The minimum atomic E-state index is -0.546. The Kier molecular flexibility index (Phi) is 3.54. The number of rotatable bonds is 5. The van der Waals surface area contributed by atoms with Crippen molar-refractivity contribution >= 4 is 33.7 Å². The predicted molar refractivity (Wildman–Crippen MR) is 84.1 cm³/mol. The molecule has 2 heterocycles. The van der Waals surface area contributed by atoms with Gasteiger partial charge in [0.2, 0.25) is 0 Å². The fourth-order valence-electron chi connectivity index (χ4n) is 2.47. The molecule has 0 bridgehead atoms. The van der Waals surface area contributed by atoms with Crippen molar-refractivity contribution in [3.63, 3.8) is 0 Å². The molecule has 22 heavy (non-hydrogen) atoms. The van der Waals surface area contributed by atoms with Crippen LogP contribution in [0.5, 0.6) is 0 Å². The van der Waals surface area contributed by atoms with Crippen LogP contribution in [0.25, 0.3) is 21.9 Å². The Balaban J connectivity index is 2.31. The summed E-state index contributed by atoms with van der Waals surface area (Å²) in [5.41, 5.74) is 13.2. The zero-order valence-corrected chi connectivity index (χ0v) is 12.2. The highest BCUT2D eigenvalue weighted by Gasteiger charge is 2.18. The molecule has 0 spiro atoms. The minimum absolute atomic E-state index is 0.223. The fraction of sp³-hybridized carbons (Fsp3) is 0.267. The van der Waals surface area contributed by atoms with Crippen LogP contribution in [0.15, 0.2) is 24.3 Å². The molecule has 0 saturated carbocycles. The Labute approximate surface area is 126 Å². The smallest absolute Gasteiger partial charge is 0.258 e. The number of primary amides is 1. The first kappa shape index (κ1) is 14.1. The van der Waals surface area contributed by atoms with Crippen molar-refractivity contribution in [1.82, 2.24) is 14.7 Å². The molecule has 2 aromatic heterocycles. The number of carbonyl (C=O) groups is 1. The zero-order chi connectivity index (χ0) is 15.7. The number of para-hydroxylation sites is 1. The number of amides is 1. The first-order chi connectivity index (χ1) is 10.6. The number of aromatic nitrogens is 3. The van der Waals surface area contributed by atoms with Gasteiger partial charge in [0.25, 0.3) is 5.91 Å². The van der Waals surface area contributed by atoms with Gasteiger partial charge in [-0.2, -0.15) is 4.73 Å². The molecular formula is C15H17N5O2. The van der Waals surface area contributed by atoms with Gasteiger partial charge >= 0.3 is 0 Å². The number of nitrogens with zero attached hydrogens (tertiary/aromatic N) is 3. The molecule has 3 aromatic rings. The van der Waals surface area contributed by atoms with Crippen LogP contribution in [-0.4, -0.2) is 27.2 Å². The van der Waals surface area contributed by atoms with Crippen LogP contribution in [0.1, 0.15) is 19.2 Å². The van der Waals surface area contributed by atoms with E-state index < -0.39 is 5.91 Å². The maximum Gasteiger partial charge on any atom is 0.258 e. The third-order valence-electron chi connectivity index (χ3n) is 3.35. The van der Waals surface area contributed by atoms with Crippen molar-refractivity contribution in [2.45, 2.75) is 19.8 Å². The van der Waals surface area contributed by atoms with Crippen LogP contribution in [0.4, 0.5) is 5.82 Å². The average Bonchev–Trinajstić information content (AvgIpc) is 2.85. The molecule has 0 radical (unpaired) electrons.